The zero-order chi connectivity index (χ0) is 8.39. The molecule has 5 heteroatoms. The molecule has 2 heterocycles. The maximum absolute atomic E-state index is 5.45. The number of hydrogen-bond donors (Lipinski definition) is 1. The minimum Gasteiger partial charge on any atom is -0.396 e. The minimum atomic E-state index is 0.522. The monoisotopic (exact) mass is 183 g/mol. The van der Waals surface area contributed by atoms with Crippen LogP contribution in [0.1, 0.15) is 0 Å². The summed E-state index contributed by atoms with van der Waals surface area (Å²) in [4.78, 5) is 8.14. The molecule has 0 radical (unpaired) electrons. The van der Waals surface area contributed by atoms with Crippen LogP contribution in [0.5, 0.6) is 0 Å². The van der Waals surface area contributed by atoms with E-state index in [-0.39, 0.29) is 0 Å². The van der Waals surface area contributed by atoms with E-state index in [4.69, 9.17) is 10.5 Å². The molecule has 4 nitrogen and oxygen atoms in total. The van der Waals surface area contributed by atoms with Crippen LogP contribution in [-0.4, -0.2) is 28.4 Å². The Kier molecular flexibility index (Phi) is 2.14. The molecular formula is C7H9N3OS. The van der Waals surface area contributed by atoms with Gasteiger partial charge in [0.15, 0.2) is 5.16 Å². The molecule has 0 saturated carbocycles. The van der Waals surface area contributed by atoms with E-state index in [1.165, 1.54) is 0 Å². The van der Waals surface area contributed by atoms with Crippen molar-refractivity contribution in [3.63, 3.8) is 0 Å². The number of anilines is 1. The quantitative estimate of drug-likeness (QED) is 0.678. The Balaban J connectivity index is 1.98. The Hall–Kier alpha value is -0.810. The van der Waals surface area contributed by atoms with Crippen LogP contribution in [0.2, 0.25) is 0 Å². The van der Waals surface area contributed by atoms with Gasteiger partial charge in [-0.2, -0.15) is 0 Å². The Labute approximate surface area is 74.5 Å². The fourth-order valence-corrected chi connectivity index (χ4v) is 1.67. The second-order valence-corrected chi connectivity index (χ2v) is 3.84. The Bertz CT molecular complexity index is 260. The number of hydrogen-bond acceptors (Lipinski definition) is 5. The van der Waals surface area contributed by atoms with Crippen LogP contribution in [0.15, 0.2) is 17.6 Å². The number of thioether (sulfide) groups is 1. The summed E-state index contributed by atoms with van der Waals surface area (Å²) in [6, 6.07) is 0. The third kappa shape index (κ3) is 1.67. The van der Waals surface area contributed by atoms with Crippen molar-refractivity contribution in [1.82, 2.24) is 9.97 Å². The lowest BCUT2D eigenvalue weighted by Crippen LogP contribution is -2.30. The normalized spacial score (nSPS) is 17.3. The van der Waals surface area contributed by atoms with E-state index in [1.807, 2.05) is 0 Å². The van der Waals surface area contributed by atoms with E-state index < -0.39 is 0 Å². The molecule has 0 aromatic carbocycles. The Morgan fingerprint density at radius 3 is 2.58 bits per heavy atom. The van der Waals surface area contributed by atoms with Crippen molar-refractivity contribution in [2.24, 2.45) is 0 Å². The third-order valence-corrected chi connectivity index (χ3v) is 2.55. The van der Waals surface area contributed by atoms with Crippen LogP contribution < -0.4 is 5.73 Å². The van der Waals surface area contributed by atoms with E-state index >= 15 is 0 Å². The number of ether oxygens (including phenoxy) is 1. The molecule has 0 atom stereocenters. The van der Waals surface area contributed by atoms with Gasteiger partial charge in [0.2, 0.25) is 0 Å². The van der Waals surface area contributed by atoms with Crippen molar-refractivity contribution in [2.45, 2.75) is 10.4 Å². The molecule has 1 aromatic heterocycles. The topological polar surface area (TPSA) is 61.0 Å². The summed E-state index contributed by atoms with van der Waals surface area (Å²) in [7, 11) is 0. The van der Waals surface area contributed by atoms with Gasteiger partial charge in [-0.25, -0.2) is 9.97 Å². The number of aromatic nitrogens is 2. The van der Waals surface area contributed by atoms with Crippen LogP contribution in [0.25, 0.3) is 0 Å². The summed E-state index contributed by atoms with van der Waals surface area (Å²) in [5.74, 6) is 0. The average molecular weight is 183 g/mol. The molecular weight excluding hydrogens is 174 g/mol. The van der Waals surface area contributed by atoms with Crippen LogP contribution in [-0.2, 0) is 4.74 Å². The summed E-state index contributed by atoms with van der Waals surface area (Å²) in [5.41, 5.74) is 6.05. The fourth-order valence-electron chi connectivity index (χ4n) is 0.818. The van der Waals surface area contributed by atoms with Gasteiger partial charge in [0, 0.05) is 0 Å². The first-order chi connectivity index (χ1) is 5.84. The van der Waals surface area contributed by atoms with Crippen LogP contribution >= 0.6 is 11.8 Å². The van der Waals surface area contributed by atoms with Gasteiger partial charge in [-0.05, 0) is 0 Å². The molecule has 1 saturated heterocycles. The maximum Gasteiger partial charge on any atom is 0.188 e. The van der Waals surface area contributed by atoms with Crippen molar-refractivity contribution >= 4 is 17.4 Å². The second kappa shape index (κ2) is 3.28. The van der Waals surface area contributed by atoms with Gasteiger partial charge in [-0.3, -0.25) is 0 Å². The van der Waals surface area contributed by atoms with E-state index in [2.05, 4.69) is 9.97 Å². The molecule has 12 heavy (non-hydrogen) atoms. The predicted molar refractivity (Wildman–Crippen MR) is 46.9 cm³/mol. The summed E-state index contributed by atoms with van der Waals surface area (Å²) in [6.45, 7) is 1.61. The maximum atomic E-state index is 5.45. The zero-order valence-electron chi connectivity index (χ0n) is 6.43. The van der Waals surface area contributed by atoms with Gasteiger partial charge in [-0.1, -0.05) is 11.8 Å². The highest BCUT2D eigenvalue weighted by atomic mass is 32.2. The van der Waals surface area contributed by atoms with Crippen LogP contribution in [0, 0.1) is 0 Å². The van der Waals surface area contributed by atoms with Crippen molar-refractivity contribution in [3.8, 4) is 0 Å². The molecule has 0 spiro atoms. The highest BCUT2D eigenvalue weighted by Crippen LogP contribution is 2.24. The van der Waals surface area contributed by atoms with Gasteiger partial charge in [0.25, 0.3) is 0 Å². The van der Waals surface area contributed by atoms with Gasteiger partial charge < -0.3 is 10.5 Å². The molecule has 1 fully saturated rings. The number of nitrogens with two attached hydrogens (primary N) is 1. The first-order valence-corrected chi connectivity index (χ1v) is 4.54. The van der Waals surface area contributed by atoms with Crippen molar-refractivity contribution in [2.75, 3.05) is 18.9 Å². The summed E-state index contributed by atoms with van der Waals surface area (Å²) < 4.78 is 5.03. The first-order valence-electron chi connectivity index (χ1n) is 3.66. The number of nitrogens with zero attached hydrogens (tertiary/aromatic N) is 2. The summed E-state index contributed by atoms with van der Waals surface area (Å²) in [5, 5.41) is 1.30. The van der Waals surface area contributed by atoms with E-state index in [9.17, 15) is 0 Å². The largest absolute Gasteiger partial charge is 0.396 e. The van der Waals surface area contributed by atoms with Gasteiger partial charge in [-0.15, -0.1) is 0 Å². The van der Waals surface area contributed by atoms with Gasteiger partial charge in [0.05, 0.1) is 36.5 Å². The first kappa shape index (κ1) is 7.82. The fraction of sp³-hybridized carbons (Fsp3) is 0.429. The molecule has 2 rings (SSSR count). The van der Waals surface area contributed by atoms with Crippen molar-refractivity contribution < 1.29 is 4.74 Å². The number of nitrogen functional groups attached to an aromatic ring is 1. The summed E-state index contributed by atoms with van der Waals surface area (Å²) in [6.07, 6.45) is 3.24. The molecule has 0 unspecified atom stereocenters. The Morgan fingerprint density at radius 2 is 2.08 bits per heavy atom. The zero-order valence-corrected chi connectivity index (χ0v) is 7.25. The highest BCUT2D eigenvalue weighted by Gasteiger charge is 2.20. The minimum absolute atomic E-state index is 0.522. The molecule has 64 valence electrons. The van der Waals surface area contributed by atoms with Crippen LogP contribution in [0.4, 0.5) is 5.69 Å². The molecule has 0 amide bonds. The lowest BCUT2D eigenvalue weighted by molar-refractivity contribution is 0.0454. The van der Waals surface area contributed by atoms with Crippen LogP contribution in [0.3, 0.4) is 0 Å². The SMILES string of the molecule is Nc1cnc(SC2COC2)nc1. The van der Waals surface area contributed by atoms with E-state index in [0.717, 1.165) is 18.4 Å². The lowest BCUT2D eigenvalue weighted by atomic mass is 10.4. The lowest BCUT2D eigenvalue weighted by Gasteiger charge is -2.23. The van der Waals surface area contributed by atoms with E-state index in [1.54, 1.807) is 24.2 Å². The third-order valence-electron chi connectivity index (χ3n) is 1.53. The standard InChI is InChI=1S/C7H9N3OS/c8-5-1-9-7(10-2-5)12-6-3-11-4-6/h1-2,6H,3-4,8H2. The molecule has 1 aliphatic rings. The number of rotatable bonds is 2. The van der Waals surface area contributed by atoms with Gasteiger partial charge in [0.1, 0.15) is 0 Å². The smallest absolute Gasteiger partial charge is 0.188 e. The van der Waals surface area contributed by atoms with Gasteiger partial charge >= 0.3 is 0 Å². The molecule has 0 aliphatic carbocycles. The second-order valence-electron chi connectivity index (χ2n) is 2.58. The predicted octanol–water partition coefficient (Wildman–Crippen LogP) is 0.550. The van der Waals surface area contributed by atoms with E-state index in [0.29, 0.717) is 10.9 Å². The molecule has 1 aromatic rings. The van der Waals surface area contributed by atoms with Crippen molar-refractivity contribution in [3.05, 3.63) is 12.4 Å². The van der Waals surface area contributed by atoms with Crippen molar-refractivity contribution in [1.29, 1.82) is 0 Å². The molecule has 2 N–H and O–H groups in total. The summed E-state index contributed by atoms with van der Waals surface area (Å²) >= 11 is 1.64. The highest BCUT2D eigenvalue weighted by molar-refractivity contribution is 7.99. The average Bonchev–Trinajstić information content (AvgIpc) is 2.00. The molecule has 1 aliphatic heterocycles. The Morgan fingerprint density at radius 1 is 1.42 bits per heavy atom. The molecule has 0 bridgehead atoms.